The van der Waals surface area contributed by atoms with E-state index in [9.17, 15) is 5.11 Å². The Hall–Kier alpha value is -1.85. The van der Waals surface area contributed by atoms with Crippen LogP contribution in [0.5, 0.6) is 5.75 Å². The molecular weight excluding hydrogens is 314 g/mol. The van der Waals surface area contributed by atoms with Crippen molar-refractivity contribution in [1.29, 1.82) is 0 Å². The van der Waals surface area contributed by atoms with E-state index in [1.807, 2.05) is 32.3 Å². The first-order valence-electron chi connectivity index (χ1n) is 9.09. The fourth-order valence-electron chi connectivity index (χ4n) is 3.85. The second kappa shape index (κ2) is 7.58. The van der Waals surface area contributed by atoms with Gasteiger partial charge in [-0.2, -0.15) is 5.10 Å². The molecular formula is C20H29N3O2. The average molecular weight is 343 g/mol. The maximum Gasteiger partial charge on any atom is 0.123 e. The fourth-order valence-corrected chi connectivity index (χ4v) is 3.85. The Labute approximate surface area is 150 Å². The molecule has 1 aromatic heterocycles. The van der Waals surface area contributed by atoms with Gasteiger partial charge in [0, 0.05) is 37.0 Å². The number of rotatable bonds is 7. The van der Waals surface area contributed by atoms with Crippen molar-refractivity contribution in [3.05, 3.63) is 47.8 Å². The molecule has 0 saturated heterocycles. The molecule has 2 unspecified atom stereocenters. The summed E-state index contributed by atoms with van der Waals surface area (Å²) in [5.74, 6) is 1.48. The summed E-state index contributed by atoms with van der Waals surface area (Å²) in [6.45, 7) is 2.31. The van der Waals surface area contributed by atoms with Crippen LogP contribution < -0.4 is 10.1 Å². The summed E-state index contributed by atoms with van der Waals surface area (Å²) in [5.41, 5.74) is 1.04. The first kappa shape index (κ1) is 18.0. The minimum absolute atomic E-state index is 0.182. The Morgan fingerprint density at radius 3 is 2.72 bits per heavy atom. The predicted molar refractivity (Wildman–Crippen MR) is 98.5 cm³/mol. The molecule has 5 nitrogen and oxygen atoms in total. The lowest BCUT2D eigenvalue weighted by atomic mass is 9.89. The van der Waals surface area contributed by atoms with Crippen molar-refractivity contribution in [1.82, 2.24) is 15.1 Å². The van der Waals surface area contributed by atoms with E-state index in [2.05, 4.69) is 22.5 Å². The third-order valence-electron chi connectivity index (χ3n) is 5.34. The second-order valence-corrected chi connectivity index (χ2v) is 7.32. The zero-order chi connectivity index (χ0) is 17.9. The van der Waals surface area contributed by atoms with Crippen LogP contribution in [0.3, 0.4) is 0 Å². The lowest BCUT2D eigenvalue weighted by Crippen LogP contribution is -2.39. The molecule has 2 aromatic rings. The average Bonchev–Trinajstić information content (AvgIpc) is 3.27. The van der Waals surface area contributed by atoms with Crippen LogP contribution in [0.2, 0.25) is 0 Å². The smallest absolute Gasteiger partial charge is 0.123 e. The van der Waals surface area contributed by atoms with Crippen molar-refractivity contribution in [2.24, 2.45) is 13.0 Å². The SMILES string of the molecule is COc1ccccc1C(NCC(C)(O)c1cnn(C)c1)C1CCCC1. The van der Waals surface area contributed by atoms with Gasteiger partial charge in [0.05, 0.1) is 13.3 Å². The number of aryl methyl sites for hydroxylation is 1. The fraction of sp³-hybridized carbons (Fsp3) is 0.550. The number of hydrogen-bond acceptors (Lipinski definition) is 4. The maximum atomic E-state index is 10.9. The number of methoxy groups -OCH3 is 1. The summed E-state index contributed by atoms with van der Waals surface area (Å²) in [4.78, 5) is 0. The van der Waals surface area contributed by atoms with Crippen LogP contribution in [0.15, 0.2) is 36.7 Å². The van der Waals surface area contributed by atoms with Gasteiger partial charge in [0.2, 0.25) is 0 Å². The molecule has 1 fully saturated rings. The molecule has 2 atom stereocenters. The summed E-state index contributed by atoms with van der Waals surface area (Å²) >= 11 is 0. The second-order valence-electron chi connectivity index (χ2n) is 7.32. The van der Waals surface area contributed by atoms with E-state index >= 15 is 0 Å². The number of aliphatic hydroxyl groups is 1. The number of para-hydroxylation sites is 1. The molecule has 1 saturated carbocycles. The largest absolute Gasteiger partial charge is 0.496 e. The summed E-state index contributed by atoms with van der Waals surface area (Å²) in [6, 6.07) is 8.38. The highest BCUT2D eigenvalue weighted by molar-refractivity contribution is 5.36. The van der Waals surface area contributed by atoms with Crippen molar-refractivity contribution in [3.63, 3.8) is 0 Å². The van der Waals surface area contributed by atoms with Crippen LogP contribution >= 0.6 is 0 Å². The highest BCUT2D eigenvalue weighted by atomic mass is 16.5. The molecule has 25 heavy (non-hydrogen) atoms. The third-order valence-corrected chi connectivity index (χ3v) is 5.34. The lowest BCUT2D eigenvalue weighted by molar-refractivity contribution is 0.0510. The van der Waals surface area contributed by atoms with Gasteiger partial charge in [-0.25, -0.2) is 0 Å². The summed E-state index contributed by atoms with van der Waals surface area (Å²) in [5, 5.41) is 18.7. The van der Waals surface area contributed by atoms with E-state index in [4.69, 9.17) is 4.74 Å². The minimum atomic E-state index is -0.965. The van der Waals surface area contributed by atoms with Gasteiger partial charge >= 0.3 is 0 Å². The molecule has 136 valence electrons. The molecule has 5 heteroatoms. The topological polar surface area (TPSA) is 59.3 Å². The monoisotopic (exact) mass is 343 g/mol. The van der Waals surface area contributed by atoms with Crippen molar-refractivity contribution < 1.29 is 9.84 Å². The van der Waals surface area contributed by atoms with Crippen molar-refractivity contribution >= 4 is 0 Å². The van der Waals surface area contributed by atoms with Gasteiger partial charge in [-0.05, 0) is 31.7 Å². The Kier molecular flexibility index (Phi) is 5.45. The van der Waals surface area contributed by atoms with E-state index in [1.54, 1.807) is 18.0 Å². The van der Waals surface area contributed by atoms with E-state index in [-0.39, 0.29) is 6.04 Å². The van der Waals surface area contributed by atoms with Gasteiger partial charge in [-0.3, -0.25) is 4.68 Å². The molecule has 0 amide bonds. The molecule has 2 N–H and O–H groups in total. The minimum Gasteiger partial charge on any atom is -0.496 e. The molecule has 0 bridgehead atoms. The molecule has 1 aromatic carbocycles. The molecule has 0 aliphatic heterocycles. The number of ether oxygens (including phenoxy) is 1. The van der Waals surface area contributed by atoms with Crippen molar-refractivity contribution in [3.8, 4) is 5.75 Å². The summed E-state index contributed by atoms with van der Waals surface area (Å²) < 4.78 is 7.31. The van der Waals surface area contributed by atoms with Gasteiger partial charge in [-0.15, -0.1) is 0 Å². The van der Waals surface area contributed by atoms with Gasteiger partial charge < -0.3 is 15.2 Å². The van der Waals surface area contributed by atoms with Crippen LogP contribution in [0, 0.1) is 5.92 Å². The molecule has 0 spiro atoms. The highest BCUT2D eigenvalue weighted by Crippen LogP contribution is 2.39. The Bertz CT molecular complexity index is 690. The van der Waals surface area contributed by atoms with E-state index < -0.39 is 5.60 Å². The lowest BCUT2D eigenvalue weighted by Gasteiger charge is -2.31. The molecule has 3 rings (SSSR count). The number of nitrogens with zero attached hydrogens (tertiary/aromatic N) is 2. The highest BCUT2D eigenvalue weighted by Gasteiger charge is 2.31. The molecule has 1 heterocycles. The first-order valence-corrected chi connectivity index (χ1v) is 9.09. The number of benzene rings is 1. The van der Waals surface area contributed by atoms with E-state index in [0.29, 0.717) is 12.5 Å². The zero-order valence-electron chi connectivity index (χ0n) is 15.4. The molecule has 0 radical (unpaired) electrons. The van der Waals surface area contributed by atoms with Gasteiger partial charge in [0.1, 0.15) is 11.4 Å². The summed E-state index contributed by atoms with van der Waals surface area (Å²) in [7, 11) is 3.58. The van der Waals surface area contributed by atoms with Crippen LogP contribution in [0.1, 0.15) is 49.8 Å². The Morgan fingerprint density at radius 2 is 2.08 bits per heavy atom. The predicted octanol–water partition coefficient (Wildman–Crippen LogP) is 3.16. The standard InChI is InChI=1S/C20H29N3O2/c1-20(24,16-12-22-23(2)13-16)14-21-19(15-8-4-5-9-15)17-10-6-7-11-18(17)25-3/h6-7,10-13,15,19,21,24H,4-5,8-9,14H2,1-3H3. The van der Waals surface area contributed by atoms with Gasteiger partial charge in [-0.1, -0.05) is 31.0 Å². The van der Waals surface area contributed by atoms with Crippen molar-refractivity contribution in [2.75, 3.05) is 13.7 Å². The summed E-state index contributed by atoms with van der Waals surface area (Å²) in [6.07, 6.45) is 8.58. The van der Waals surface area contributed by atoms with Crippen molar-refractivity contribution in [2.45, 2.75) is 44.2 Å². The number of nitrogens with one attached hydrogen (secondary N) is 1. The maximum absolute atomic E-state index is 10.9. The van der Waals surface area contributed by atoms with Crippen LogP contribution in [-0.2, 0) is 12.6 Å². The van der Waals surface area contributed by atoms with Crippen LogP contribution in [0.4, 0.5) is 0 Å². The Morgan fingerprint density at radius 1 is 1.36 bits per heavy atom. The van der Waals surface area contributed by atoms with Gasteiger partial charge in [0.25, 0.3) is 0 Å². The number of aromatic nitrogens is 2. The van der Waals surface area contributed by atoms with E-state index in [1.165, 1.54) is 31.2 Å². The van der Waals surface area contributed by atoms with E-state index in [0.717, 1.165) is 11.3 Å². The van der Waals surface area contributed by atoms with Crippen LogP contribution in [0.25, 0.3) is 0 Å². The molecule has 1 aliphatic carbocycles. The Balaban J connectivity index is 1.80. The van der Waals surface area contributed by atoms with Gasteiger partial charge in [0.15, 0.2) is 0 Å². The number of hydrogen-bond donors (Lipinski definition) is 2. The zero-order valence-corrected chi connectivity index (χ0v) is 15.4. The van der Waals surface area contributed by atoms with Crippen LogP contribution in [-0.4, -0.2) is 28.5 Å². The molecule has 1 aliphatic rings. The quantitative estimate of drug-likeness (QED) is 0.811. The first-order chi connectivity index (χ1) is 12.0. The normalized spacial score (nSPS) is 18.9. The third kappa shape index (κ3) is 4.05.